The molecule has 0 saturated carbocycles. The van der Waals surface area contributed by atoms with Crippen LogP contribution in [0.15, 0.2) is 33.5 Å². The van der Waals surface area contributed by atoms with E-state index in [1.54, 1.807) is 12.1 Å². The maximum Gasteiger partial charge on any atom is 0.340 e. The second-order valence-corrected chi connectivity index (χ2v) is 3.30. The quantitative estimate of drug-likeness (QED) is 0.692. The zero-order valence-corrected chi connectivity index (χ0v) is 7.91. The number of hydrogen-bond donors (Lipinski definition) is 1. The predicted octanol–water partition coefficient (Wildman–Crippen LogP) is 1.56. The van der Waals surface area contributed by atoms with Gasteiger partial charge in [-0.25, -0.2) is 4.79 Å². The molecule has 0 unspecified atom stereocenters. The van der Waals surface area contributed by atoms with Gasteiger partial charge < -0.3 is 10.2 Å². The third-order valence-electron chi connectivity index (χ3n) is 2.18. The number of benzene rings is 1. The minimum Gasteiger partial charge on any atom is -0.422 e. The van der Waals surface area contributed by atoms with Gasteiger partial charge in [-0.15, -0.1) is 0 Å². The summed E-state index contributed by atoms with van der Waals surface area (Å²) < 4.78 is 5.10. The van der Waals surface area contributed by atoms with Gasteiger partial charge in [-0.05, 0) is 25.1 Å². The summed E-state index contributed by atoms with van der Waals surface area (Å²) in [5, 5.41) is 0.921. The highest BCUT2D eigenvalue weighted by molar-refractivity contribution is 5.77. The molecule has 0 aliphatic rings. The third-order valence-corrected chi connectivity index (χ3v) is 2.18. The van der Waals surface area contributed by atoms with E-state index in [2.05, 4.69) is 0 Å². The summed E-state index contributed by atoms with van der Waals surface area (Å²) in [6.07, 6.45) is 0. The fourth-order valence-corrected chi connectivity index (χ4v) is 1.43. The molecule has 2 N–H and O–H groups in total. The molecule has 14 heavy (non-hydrogen) atoms. The summed E-state index contributed by atoms with van der Waals surface area (Å²) >= 11 is 0. The number of rotatable bonds is 1. The molecule has 0 fully saturated rings. The molecule has 0 amide bonds. The summed E-state index contributed by atoms with van der Waals surface area (Å²) in [5.74, 6) is 0. The number of aryl methyl sites for hydroxylation is 1. The Morgan fingerprint density at radius 3 is 2.86 bits per heavy atom. The zero-order valence-electron chi connectivity index (χ0n) is 7.91. The molecule has 0 aliphatic carbocycles. The second-order valence-electron chi connectivity index (χ2n) is 3.30. The smallest absolute Gasteiger partial charge is 0.340 e. The zero-order chi connectivity index (χ0) is 10.1. The molecule has 3 nitrogen and oxygen atoms in total. The van der Waals surface area contributed by atoms with Crippen molar-refractivity contribution < 1.29 is 4.42 Å². The molecule has 0 radical (unpaired) electrons. The van der Waals surface area contributed by atoms with Crippen molar-refractivity contribution >= 4 is 11.0 Å². The van der Waals surface area contributed by atoms with Crippen molar-refractivity contribution in [1.29, 1.82) is 0 Å². The Labute approximate surface area is 81.1 Å². The first-order valence-corrected chi connectivity index (χ1v) is 4.44. The van der Waals surface area contributed by atoms with Gasteiger partial charge in [0.2, 0.25) is 0 Å². The molecule has 2 aromatic rings. The van der Waals surface area contributed by atoms with Crippen LogP contribution in [0, 0.1) is 6.92 Å². The molecule has 1 heterocycles. The Bertz CT molecular complexity index is 528. The van der Waals surface area contributed by atoms with Crippen molar-refractivity contribution in [3.8, 4) is 0 Å². The summed E-state index contributed by atoms with van der Waals surface area (Å²) in [7, 11) is 0. The average Bonchev–Trinajstić information content (AvgIpc) is 2.17. The normalized spacial score (nSPS) is 10.7. The van der Waals surface area contributed by atoms with Gasteiger partial charge in [0.15, 0.2) is 0 Å². The highest BCUT2D eigenvalue weighted by atomic mass is 16.4. The summed E-state index contributed by atoms with van der Waals surface area (Å²) in [6, 6.07) is 7.46. The maximum absolute atomic E-state index is 11.3. The highest BCUT2D eigenvalue weighted by Crippen LogP contribution is 2.14. The first-order chi connectivity index (χ1) is 6.70. The van der Waals surface area contributed by atoms with E-state index in [1.165, 1.54) is 0 Å². The first kappa shape index (κ1) is 8.97. The molecular weight excluding hydrogens is 178 g/mol. The number of hydrogen-bond acceptors (Lipinski definition) is 3. The van der Waals surface area contributed by atoms with Crippen molar-refractivity contribution in [2.24, 2.45) is 5.73 Å². The van der Waals surface area contributed by atoms with Gasteiger partial charge in [-0.3, -0.25) is 0 Å². The number of nitrogens with two attached hydrogens (primary N) is 1. The van der Waals surface area contributed by atoms with E-state index >= 15 is 0 Å². The molecule has 3 heteroatoms. The van der Waals surface area contributed by atoms with Crippen LogP contribution in [0.4, 0.5) is 0 Å². The SMILES string of the molecule is Cc1ccc2oc(=O)c(CN)cc2c1. The van der Waals surface area contributed by atoms with Crippen LogP contribution >= 0.6 is 0 Å². The molecule has 0 saturated heterocycles. The van der Waals surface area contributed by atoms with E-state index in [-0.39, 0.29) is 12.2 Å². The van der Waals surface area contributed by atoms with Crippen molar-refractivity contribution in [3.63, 3.8) is 0 Å². The van der Waals surface area contributed by atoms with Gasteiger partial charge in [0, 0.05) is 11.9 Å². The Morgan fingerprint density at radius 1 is 1.36 bits per heavy atom. The van der Waals surface area contributed by atoms with E-state index in [0.29, 0.717) is 11.1 Å². The van der Waals surface area contributed by atoms with Gasteiger partial charge in [0.05, 0.1) is 5.56 Å². The lowest BCUT2D eigenvalue weighted by Gasteiger charge is -2.00. The third kappa shape index (κ3) is 1.42. The molecular formula is C11H11NO2. The highest BCUT2D eigenvalue weighted by Gasteiger charge is 2.02. The molecule has 0 atom stereocenters. The second kappa shape index (κ2) is 3.27. The van der Waals surface area contributed by atoms with Gasteiger partial charge >= 0.3 is 5.63 Å². The summed E-state index contributed by atoms with van der Waals surface area (Å²) in [5.41, 5.74) is 7.34. The maximum atomic E-state index is 11.3. The Hall–Kier alpha value is -1.61. The molecule has 0 aliphatic heterocycles. The van der Waals surface area contributed by atoms with Crippen molar-refractivity contribution in [2.75, 3.05) is 0 Å². The molecule has 2 rings (SSSR count). The van der Waals surface area contributed by atoms with E-state index in [1.807, 2.05) is 19.1 Å². The molecule has 0 spiro atoms. The van der Waals surface area contributed by atoms with Gasteiger partial charge in [0.25, 0.3) is 0 Å². The molecule has 0 bridgehead atoms. The van der Waals surface area contributed by atoms with E-state index < -0.39 is 0 Å². The van der Waals surface area contributed by atoms with Crippen LogP contribution < -0.4 is 11.4 Å². The Kier molecular flexibility index (Phi) is 2.09. The minimum atomic E-state index is -0.344. The fraction of sp³-hybridized carbons (Fsp3) is 0.182. The van der Waals surface area contributed by atoms with Gasteiger partial charge in [-0.2, -0.15) is 0 Å². The Morgan fingerprint density at radius 2 is 2.14 bits per heavy atom. The van der Waals surface area contributed by atoms with Crippen LogP contribution in [0.5, 0.6) is 0 Å². The molecule has 1 aromatic carbocycles. The largest absolute Gasteiger partial charge is 0.422 e. The van der Waals surface area contributed by atoms with E-state index in [0.717, 1.165) is 10.9 Å². The standard InChI is InChI=1S/C11H11NO2/c1-7-2-3-10-8(4-7)5-9(6-12)11(13)14-10/h2-5H,6,12H2,1H3. The molecule has 72 valence electrons. The van der Waals surface area contributed by atoms with E-state index in [4.69, 9.17) is 10.2 Å². The number of fused-ring (bicyclic) bond motifs is 1. The van der Waals surface area contributed by atoms with Crippen LogP contribution in [0.25, 0.3) is 11.0 Å². The topological polar surface area (TPSA) is 56.2 Å². The lowest BCUT2D eigenvalue weighted by molar-refractivity contribution is 0.550. The van der Waals surface area contributed by atoms with Gasteiger partial charge in [-0.1, -0.05) is 11.6 Å². The Balaban J connectivity index is 2.80. The van der Waals surface area contributed by atoms with Crippen LogP contribution in [0.2, 0.25) is 0 Å². The lowest BCUT2D eigenvalue weighted by atomic mass is 10.1. The van der Waals surface area contributed by atoms with Crippen molar-refractivity contribution in [3.05, 3.63) is 45.8 Å². The lowest BCUT2D eigenvalue weighted by Crippen LogP contribution is -2.11. The average molecular weight is 189 g/mol. The molecule has 1 aromatic heterocycles. The fourth-order valence-electron chi connectivity index (χ4n) is 1.43. The minimum absolute atomic E-state index is 0.214. The summed E-state index contributed by atoms with van der Waals surface area (Å²) in [6.45, 7) is 2.21. The van der Waals surface area contributed by atoms with Crippen LogP contribution in [0.1, 0.15) is 11.1 Å². The van der Waals surface area contributed by atoms with Crippen LogP contribution in [-0.2, 0) is 6.54 Å². The van der Waals surface area contributed by atoms with Crippen LogP contribution in [0.3, 0.4) is 0 Å². The van der Waals surface area contributed by atoms with Gasteiger partial charge in [0.1, 0.15) is 5.58 Å². The van der Waals surface area contributed by atoms with Crippen molar-refractivity contribution in [1.82, 2.24) is 0 Å². The monoisotopic (exact) mass is 189 g/mol. The summed E-state index contributed by atoms with van der Waals surface area (Å²) in [4.78, 5) is 11.3. The van der Waals surface area contributed by atoms with E-state index in [9.17, 15) is 4.79 Å². The first-order valence-electron chi connectivity index (χ1n) is 4.44. The van der Waals surface area contributed by atoms with Crippen molar-refractivity contribution in [2.45, 2.75) is 13.5 Å². The predicted molar refractivity (Wildman–Crippen MR) is 55.1 cm³/mol. The van der Waals surface area contributed by atoms with Crippen LogP contribution in [-0.4, -0.2) is 0 Å².